The van der Waals surface area contributed by atoms with Gasteiger partial charge in [0.05, 0.1) is 49.6 Å². The fourth-order valence-electron chi connectivity index (χ4n) is 2.90. The molecule has 0 aromatic carbocycles. The minimum absolute atomic E-state index is 0.0255. The summed E-state index contributed by atoms with van der Waals surface area (Å²) < 4.78 is 25.4. The molecule has 12 nitrogen and oxygen atoms in total. The molecule has 3 rings (SSSR count). The third-order valence-electron chi connectivity index (χ3n) is 4.62. The summed E-state index contributed by atoms with van der Waals surface area (Å²) in [5.74, 6) is -1.43. The molecule has 0 spiro atoms. The molecule has 0 unspecified atom stereocenters. The number of aromatic nitrogens is 5. The van der Waals surface area contributed by atoms with E-state index in [9.17, 15) is 9.18 Å². The summed E-state index contributed by atoms with van der Waals surface area (Å²) in [7, 11) is 1.46. The highest BCUT2D eigenvalue weighted by Crippen LogP contribution is 2.27. The van der Waals surface area contributed by atoms with Crippen LogP contribution < -0.4 is 26.8 Å². The van der Waals surface area contributed by atoms with E-state index in [-0.39, 0.29) is 35.7 Å². The molecular formula is C20H26FN9O3. The Bertz CT molecular complexity index is 1090. The Morgan fingerprint density at radius 1 is 1.27 bits per heavy atom. The highest BCUT2D eigenvalue weighted by molar-refractivity contribution is 5.98. The molecule has 6 N–H and O–H groups in total. The van der Waals surface area contributed by atoms with Gasteiger partial charge >= 0.3 is 0 Å². The van der Waals surface area contributed by atoms with Crippen molar-refractivity contribution in [1.29, 1.82) is 0 Å². The summed E-state index contributed by atoms with van der Waals surface area (Å²) >= 11 is 0. The molecule has 0 saturated heterocycles. The van der Waals surface area contributed by atoms with Crippen molar-refractivity contribution in [2.45, 2.75) is 25.9 Å². The Morgan fingerprint density at radius 3 is 2.61 bits per heavy atom. The van der Waals surface area contributed by atoms with Crippen LogP contribution in [0.5, 0.6) is 5.88 Å². The maximum Gasteiger partial charge on any atom is 0.252 e. The number of halogens is 1. The monoisotopic (exact) mass is 459 g/mol. The fraction of sp³-hybridized carbons (Fsp3) is 0.350. The number of hydrogen-bond acceptors (Lipinski definition) is 10. The average Bonchev–Trinajstić information content (AvgIpc) is 3.32. The number of nitrogens with one attached hydrogen (secondary N) is 2. The van der Waals surface area contributed by atoms with Gasteiger partial charge < -0.3 is 31.6 Å². The van der Waals surface area contributed by atoms with Crippen LogP contribution in [0.3, 0.4) is 0 Å². The van der Waals surface area contributed by atoms with Crippen LogP contribution >= 0.6 is 0 Å². The summed E-state index contributed by atoms with van der Waals surface area (Å²) in [4.78, 5) is 21.7. The first-order valence-electron chi connectivity index (χ1n) is 10.1. The molecule has 3 heterocycles. The van der Waals surface area contributed by atoms with E-state index in [2.05, 4.69) is 30.8 Å². The summed E-state index contributed by atoms with van der Waals surface area (Å²) in [5, 5.41) is 14.0. The molecule has 13 heteroatoms. The highest BCUT2D eigenvalue weighted by atomic mass is 19.1. The van der Waals surface area contributed by atoms with E-state index >= 15 is 0 Å². The molecule has 0 aliphatic carbocycles. The number of hydrogen-bond donors (Lipinski definition) is 4. The SMILES string of the molecule is CCOC[C@@H](Nc1nc(Nc2cnc(OC)c(-n3nccn3)c2)c(C(N)=O)cc1F)[C@H](C)N. The zero-order chi connectivity index (χ0) is 24.0. The van der Waals surface area contributed by atoms with Crippen LogP contribution in [0.25, 0.3) is 5.69 Å². The topological polar surface area (TPSA) is 168 Å². The molecule has 0 aliphatic rings. The predicted octanol–water partition coefficient (Wildman–Crippen LogP) is 1.21. The van der Waals surface area contributed by atoms with Gasteiger partial charge in [-0.15, -0.1) is 4.80 Å². The number of nitrogens with zero attached hydrogens (tertiary/aromatic N) is 5. The minimum atomic E-state index is -0.857. The van der Waals surface area contributed by atoms with Gasteiger partial charge in [0, 0.05) is 12.6 Å². The number of ether oxygens (including phenoxy) is 2. The Balaban J connectivity index is 1.97. The molecule has 0 radical (unpaired) electrons. The van der Waals surface area contributed by atoms with E-state index in [4.69, 9.17) is 20.9 Å². The summed E-state index contributed by atoms with van der Waals surface area (Å²) in [6.45, 7) is 4.33. The smallest absolute Gasteiger partial charge is 0.252 e. The molecule has 0 saturated carbocycles. The molecule has 0 bridgehead atoms. The van der Waals surface area contributed by atoms with E-state index in [1.807, 2.05) is 6.92 Å². The molecule has 0 fully saturated rings. The number of carbonyl (C=O) groups is 1. The van der Waals surface area contributed by atoms with Crippen molar-refractivity contribution >= 4 is 23.2 Å². The van der Waals surface area contributed by atoms with Gasteiger partial charge in [-0.3, -0.25) is 4.79 Å². The van der Waals surface area contributed by atoms with Gasteiger partial charge in [-0.2, -0.15) is 10.2 Å². The van der Waals surface area contributed by atoms with Gasteiger partial charge in [-0.1, -0.05) is 0 Å². The number of anilines is 3. The van der Waals surface area contributed by atoms with E-state index < -0.39 is 17.8 Å². The Morgan fingerprint density at radius 2 is 2.00 bits per heavy atom. The quantitative estimate of drug-likeness (QED) is 0.327. The molecule has 1 amide bonds. The molecular weight excluding hydrogens is 433 g/mol. The van der Waals surface area contributed by atoms with Crippen molar-refractivity contribution in [3.8, 4) is 11.6 Å². The van der Waals surface area contributed by atoms with Gasteiger partial charge in [0.1, 0.15) is 11.5 Å². The lowest BCUT2D eigenvalue weighted by Crippen LogP contribution is -2.42. The number of pyridine rings is 2. The summed E-state index contributed by atoms with van der Waals surface area (Å²) in [6.07, 6.45) is 4.46. The van der Waals surface area contributed by atoms with Gasteiger partial charge in [-0.25, -0.2) is 14.4 Å². The zero-order valence-corrected chi connectivity index (χ0v) is 18.4. The van der Waals surface area contributed by atoms with Crippen LogP contribution in [0.1, 0.15) is 24.2 Å². The Hall–Kier alpha value is -3.84. The first kappa shape index (κ1) is 23.8. The van der Waals surface area contributed by atoms with E-state index in [0.29, 0.717) is 18.0 Å². The minimum Gasteiger partial charge on any atom is -0.479 e. The Kier molecular flexibility index (Phi) is 7.69. The van der Waals surface area contributed by atoms with Crippen LogP contribution in [-0.2, 0) is 4.74 Å². The lowest BCUT2D eigenvalue weighted by atomic mass is 10.1. The summed E-state index contributed by atoms with van der Waals surface area (Å²) in [6, 6.07) is 1.86. The number of amides is 1. The van der Waals surface area contributed by atoms with Crippen LogP contribution in [-0.4, -0.2) is 63.3 Å². The average molecular weight is 459 g/mol. The van der Waals surface area contributed by atoms with Crippen LogP contribution in [0.4, 0.5) is 21.7 Å². The Labute approximate surface area is 189 Å². The first-order valence-corrected chi connectivity index (χ1v) is 10.1. The molecule has 176 valence electrons. The molecule has 0 aliphatic heterocycles. The van der Waals surface area contributed by atoms with E-state index in [0.717, 1.165) is 6.07 Å². The van der Waals surface area contributed by atoms with Gasteiger partial charge in [-0.05, 0) is 26.0 Å². The number of rotatable bonds is 11. The molecule has 3 aromatic heterocycles. The first-order chi connectivity index (χ1) is 15.8. The van der Waals surface area contributed by atoms with E-state index in [1.54, 1.807) is 13.0 Å². The number of nitrogens with two attached hydrogens (primary N) is 2. The van der Waals surface area contributed by atoms with Crippen molar-refractivity contribution in [3.63, 3.8) is 0 Å². The molecule has 3 aromatic rings. The van der Waals surface area contributed by atoms with Gasteiger partial charge in [0.2, 0.25) is 5.88 Å². The lowest BCUT2D eigenvalue weighted by Gasteiger charge is -2.23. The maximum absolute atomic E-state index is 14.7. The largest absolute Gasteiger partial charge is 0.479 e. The number of carbonyl (C=O) groups excluding carboxylic acids is 1. The predicted molar refractivity (Wildman–Crippen MR) is 119 cm³/mol. The normalized spacial score (nSPS) is 12.8. The van der Waals surface area contributed by atoms with Crippen molar-refractivity contribution in [2.24, 2.45) is 11.5 Å². The second-order valence-corrected chi connectivity index (χ2v) is 7.04. The third-order valence-corrected chi connectivity index (χ3v) is 4.62. The van der Waals surface area contributed by atoms with Gasteiger partial charge in [0.25, 0.3) is 5.91 Å². The lowest BCUT2D eigenvalue weighted by molar-refractivity contribution is 0.100. The zero-order valence-electron chi connectivity index (χ0n) is 18.4. The third kappa shape index (κ3) is 5.70. The second kappa shape index (κ2) is 10.7. The molecule has 33 heavy (non-hydrogen) atoms. The van der Waals surface area contributed by atoms with Crippen LogP contribution in [0.2, 0.25) is 0 Å². The van der Waals surface area contributed by atoms with Crippen molar-refractivity contribution in [3.05, 3.63) is 42.1 Å². The van der Waals surface area contributed by atoms with Gasteiger partial charge in [0.15, 0.2) is 11.6 Å². The maximum atomic E-state index is 14.7. The summed E-state index contributed by atoms with van der Waals surface area (Å²) in [5.41, 5.74) is 12.1. The fourth-order valence-corrected chi connectivity index (χ4v) is 2.90. The van der Waals surface area contributed by atoms with Crippen LogP contribution in [0, 0.1) is 5.82 Å². The van der Waals surface area contributed by atoms with Crippen LogP contribution in [0.15, 0.2) is 30.7 Å². The standard InChI is InChI=1S/C20H26FN9O3/c1-4-33-10-15(11(2)22)28-19-14(21)8-13(17(23)31)18(29-19)27-12-7-16(20(32-3)24-9-12)30-25-5-6-26-30/h5-9,11,15H,4,10,22H2,1-3H3,(H2,23,31)(H2,27,28,29)/t11-,15+/m0/s1. The second-order valence-electron chi connectivity index (χ2n) is 7.04. The van der Waals surface area contributed by atoms with Crippen molar-refractivity contribution < 1.29 is 18.7 Å². The number of primary amides is 1. The van der Waals surface area contributed by atoms with Crippen molar-refractivity contribution in [2.75, 3.05) is 31.0 Å². The van der Waals surface area contributed by atoms with E-state index in [1.165, 1.54) is 30.5 Å². The highest BCUT2D eigenvalue weighted by Gasteiger charge is 2.21. The van der Waals surface area contributed by atoms with Crippen molar-refractivity contribution in [1.82, 2.24) is 25.0 Å². The number of methoxy groups -OCH3 is 1. The molecule has 2 atom stereocenters.